The average molecular weight is 312 g/mol. The highest BCUT2D eigenvalue weighted by molar-refractivity contribution is 5.92. The topological polar surface area (TPSA) is 49.4 Å². The highest BCUT2D eigenvalue weighted by Gasteiger charge is 2.38. The molecule has 1 unspecified atom stereocenters. The maximum Gasteiger partial charge on any atom is 0.406 e. The molecule has 0 aliphatic carbocycles. The molecule has 22 heavy (non-hydrogen) atoms. The van der Waals surface area contributed by atoms with E-state index in [1.54, 1.807) is 6.08 Å². The fourth-order valence-electron chi connectivity index (χ4n) is 2.22. The van der Waals surface area contributed by atoms with Gasteiger partial charge in [-0.05, 0) is 11.6 Å². The Hall–Kier alpha value is -2.31. The predicted molar refractivity (Wildman–Crippen MR) is 74.7 cm³/mol. The molecule has 1 heterocycles. The highest BCUT2D eigenvalue weighted by atomic mass is 19.4. The van der Waals surface area contributed by atoms with Crippen molar-refractivity contribution < 1.29 is 22.8 Å². The van der Waals surface area contributed by atoms with Crippen molar-refractivity contribution in [1.29, 1.82) is 0 Å². The summed E-state index contributed by atoms with van der Waals surface area (Å²) in [4.78, 5) is 23.9. The molecule has 0 spiro atoms. The van der Waals surface area contributed by atoms with E-state index in [-0.39, 0.29) is 13.0 Å². The minimum absolute atomic E-state index is 0.110. The Labute approximate surface area is 125 Å². The third-order valence-electron chi connectivity index (χ3n) is 3.16. The van der Waals surface area contributed by atoms with Crippen LogP contribution < -0.4 is 5.32 Å². The van der Waals surface area contributed by atoms with Crippen LogP contribution in [0, 0.1) is 0 Å². The van der Waals surface area contributed by atoms with Crippen LogP contribution in [0.2, 0.25) is 0 Å². The number of carbonyl (C=O) groups excluding carboxylic acids is 2. The predicted octanol–water partition coefficient (Wildman–Crippen LogP) is 1.98. The van der Waals surface area contributed by atoms with Gasteiger partial charge in [-0.25, -0.2) is 0 Å². The molecule has 1 aromatic carbocycles. The van der Waals surface area contributed by atoms with Crippen molar-refractivity contribution in [1.82, 2.24) is 10.2 Å². The van der Waals surface area contributed by atoms with E-state index < -0.39 is 30.6 Å². The van der Waals surface area contributed by atoms with Crippen LogP contribution in [0.3, 0.4) is 0 Å². The number of halogens is 3. The van der Waals surface area contributed by atoms with E-state index in [4.69, 9.17) is 0 Å². The van der Waals surface area contributed by atoms with Gasteiger partial charge in [0.25, 0.3) is 0 Å². The van der Waals surface area contributed by atoms with Gasteiger partial charge in [0.2, 0.25) is 11.8 Å². The number of nitrogens with one attached hydrogen (secondary N) is 1. The van der Waals surface area contributed by atoms with E-state index in [1.807, 2.05) is 30.3 Å². The van der Waals surface area contributed by atoms with E-state index in [9.17, 15) is 22.8 Å². The van der Waals surface area contributed by atoms with E-state index >= 15 is 0 Å². The van der Waals surface area contributed by atoms with Crippen molar-refractivity contribution in [3.05, 3.63) is 42.0 Å². The molecule has 4 nitrogen and oxygen atoms in total. The summed E-state index contributed by atoms with van der Waals surface area (Å²) in [5, 5.41) is 2.54. The molecule has 0 aromatic heterocycles. The van der Waals surface area contributed by atoms with Crippen molar-refractivity contribution in [3.8, 4) is 0 Å². The average Bonchev–Trinajstić information content (AvgIpc) is 2.75. The quantitative estimate of drug-likeness (QED) is 0.864. The van der Waals surface area contributed by atoms with Crippen molar-refractivity contribution in [2.24, 2.45) is 0 Å². The van der Waals surface area contributed by atoms with Crippen molar-refractivity contribution >= 4 is 17.9 Å². The molecule has 1 fully saturated rings. The van der Waals surface area contributed by atoms with Crippen molar-refractivity contribution in [3.63, 3.8) is 0 Å². The molecule has 1 N–H and O–H groups in total. The van der Waals surface area contributed by atoms with Gasteiger partial charge in [-0.1, -0.05) is 30.3 Å². The van der Waals surface area contributed by atoms with Gasteiger partial charge in [0.05, 0.1) is 6.04 Å². The molecule has 0 saturated carbocycles. The first-order valence-electron chi connectivity index (χ1n) is 6.71. The van der Waals surface area contributed by atoms with Gasteiger partial charge >= 0.3 is 6.18 Å². The second-order valence-corrected chi connectivity index (χ2v) is 5.04. The van der Waals surface area contributed by atoms with Crippen LogP contribution in [0.25, 0.3) is 6.08 Å². The summed E-state index contributed by atoms with van der Waals surface area (Å²) in [6, 6.07) is 8.52. The number of amides is 2. The van der Waals surface area contributed by atoms with Crippen LogP contribution in [0.5, 0.6) is 0 Å². The Kier molecular flexibility index (Phi) is 4.85. The summed E-state index contributed by atoms with van der Waals surface area (Å²) >= 11 is 0. The summed E-state index contributed by atoms with van der Waals surface area (Å²) < 4.78 is 36.9. The molecule has 1 aliphatic rings. The number of hydrogen-bond donors (Lipinski definition) is 1. The Morgan fingerprint density at radius 3 is 2.64 bits per heavy atom. The number of carbonyl (C=O) groups is 2. The molecule has 1 aromatic rings. The maximum atomic E-state index is 12.3. The Morgan fingerprint density at radius 1 is 1.32 bits per heavy atom. The van der Waals surface area contributed by atoms with Gasteiger partial charge < -0.3 is 10.2 Å². The number of rotatable bonds is 4. The second kappa shape index (κ2) is 6.64. The fourth-order valence-corrected chi connectivity index (χ4v) is 2.22. The summed E-state index contributed by atoms with van der Waals surface area (Å²) in [5.41, 5.74) is 0.832. The molecule has 2 amide bonds. The number of hydrogen-bond acceptors (Lipinski definition) is 2. The van der Waals surface area contributed by atoms with Crippen LogP contribution in [0.15, 0.2) is 36.4 Å². The highest BCUT2D eigenvalue weighted by Crippen LogP contribution is 2.20. The molecule has 7 heteroatoms. The smallest absolute Gasteiger partial charge is 0.348 e. The van der Waals surface area contributed by atoms with Crippen molar-refractivity contribution in [2.45, 2.75) is 18.6 Å². The molecular formula is C15H15F3N2O2. The summed E-state index contributed by atoms with van der Waals surface area (Å²) in [5.74, 6) is -1.04. The van der Waals surface area contributed by atoms with Crippen LogP contribution in [0.1, 0.15) is 12.0 Å². The largest absolute Gasteiger partial charge is 0.406 e. The molecule has 1 saturated heterocycles. The zero-order valence-electron chi connectivity index (χ0n) is 11.6. The SMILES string of the molecule is O=C(C=Cc1ccccc1)NC1CC(=O)N(CC(F)(F)F)C1. The van der Waals surface area contributed by atoms with E-state index in [0.717, 1.165) is 5.56 Å². The second-order valence-electron chi connectivity index (χ2n) is 5.04. The van der Waals surface area contributed by atoms with Gasteiger partial charge in [-0.2, -0.15) is 13.2 Å². The maximum absolute atomic E-state index is 12.3. The van der Waals surface area contributed by atoms with E-state index in [1.165, 1.54) is 6.08 Å². The molecule has 118 valence electrons. The normalized spacial score (nSPS) is 19.0. The molecule has 1 aliphatic heterocycles. The zero-order chi connectivity index (χ0) is 16.2. The van der Waals surface area contributed by atoms with Crippen LogP contribution >= 0.6 is 0 Å². The van der Waals surface area contributed by atoms with Gasteiger partial charge in [0, 0.05) is 19.0 Å². The molecule has 1 atom stereocenters. The molecule has 0 bridgehead atoms. The number of nitrogens with zero attached hydrogens (tertiary/aromatic N) is 1. The Balaban J connectivity index is 1.85. The van der Waals surface area contributed by atoms with Crippen molar-refractivity contribution in [2.75, 3.05) is 13.1 Å². The lowest BCUT2D eigenvalue weighted by Gasteiger charge is -2.18. The minimum atomic E-state index is -4.43. The van der Waals surface area contributed by atoms with Crippen LogP contribution in [-0.4, -0.2) is 42.0 Å². The van der Waals surface area contributed by atoms with Gasteiger partial charge in [0.15, 0.2) is 0 Å². The minimum Gasteiger partial charge on any atom is -0.348 e. The zero-order valence-corrected chi connectivity index (χ0v) is 11.6. The lowest BCUT2D eigenvalue weighted by atomic mass is 10.2. The summed E-state index contributed by atoms with van der Waals surface area (Å²) in [7, 11) is 0. The first-order chi connectivity index (χ1) is 10.3. The Morgan fingerprint density at radius 2 is 2.00 bits per heavy atom. The van der Waals surface area contributed by atoms with E-state index in [2.05, 4.69) is 5.32 Å². The standard InChI is InChI=1S/C15H15F3N2O2/c16-15(17,18)10-20-9-12(8-14(20)22)19-13(21)7-6-11-4-2-1-3-5-11/h1-7,12H,8-10H2,(H,19,21). The van der Waals surface area contributed by atoms with Gasteiger partial charge in [-0.15, -0.1) is 0 Å². The Bertz CT molecular complexity index is 570. The first-order valence-corrected chi connectivity index (χ1v) is 6.71. The molecule has 2 rings (SSSR count). The lowest BCUT2D eigenvalue weighted by molar-refractivity contribution is -0.157. The molecule has 0 radical (unpaired) electrons. The fraction of sp³-hybridized carbons (Fsp3) is 0.333. The summed E-state index contributed by atoms with van der Waals surface area (Å²) in [6.07, 6.45) is -1.64. The lowest BCUT2D eigenvalue weighted by Crippen LogP contribution is -2.39. The number of benzene rings is 1. The van der Waals surface area contributed by atoms with Gasteiger partial charge in [-0.3, -0.25) is 9.59 Å². The third-order valence-corrected chi connectivity index (χ3v) is 3.16. The number of alkyl halides is 3. The monoisotopic (exact) mass is 312 g/mol. The van der Waals surface area contributed by atoms with E-state index in [0.29, 0.717) is 4.90 Å². The van der Waals surface area contributed by atoms with Gasteiger partial charge in [0.1, 0.15) is 6.54 Å². The van der Waals surface area contributed by atoms with Crippen LogP contribution in [-0.2, 0) is 9.59 Å². The number of likely N-dealkylation sites (tertiary alicyclic amines) is 1. The first kappa shape index (κ1) is 16.1. The molecular weight excluding hydrogens is 297 g/mol. The summed E-state index contributed by atoms with van der Waals surface area (Å²) in [6.45, 7) is -1.40. The third kappa shape index (κ3) is 4.91. The van der Waals surface area contributed by atoms with Crippen LogP contribution in [0.4, 0.5) is 13.2 Å².